The van der Waals surface area contributed by atoms with Crippen LogP contribution in [0.3, 0.4) is 0 Å². The lowest BCUT2D eigenvalue weighted by atomic mass is 10.1. The fourth-order valence-corrected chi connectivity index (χ4v) is 4.55. The van der Waals surface area contributed by atoms with Gasteiger partial charge in [-0.1, -0.05) is 39.5 Å². The smallest absolute Gasteiger partial charge is 0.0501 e. The topological polar surface area (TPSA) is 29.1 Å². The highest BCUT2D eigenvalue weighted by Gasteiger charge is 2.27. The van der Waals surface area contributed by atoms with Crippen molar-refractivity contribution in [3.8, 4) is 0 Å². The Labute approximate surface area is 103 Å². The van der Waals surface area contributed by atoms with E-state index in [-0.39, 0.29) is 0 Å². The van der Waals surface area contributed by atoms with Crippen molar-refractivity contribution in [2.45, 2.75) is 63.7 Å². The van der Waals surface area contributed by atoms with Crippen molar-refractivity contribution in [2.75, 3.05) is 12.8 Å². The van der Waals surface area contributed by atoms with Gasteiger partial charge in [0.1, 0.15) is 0 Å². The van der Waals surface area contributed by atoms with Crippen molar-refractivity contribution in [3.63, 3.8) is 0 Å². The summed E-state index contributed by atoms with van der Waals surface area (Å²) in [6.45, 7) is 4.40. The fourth-order valence-electron chi connectivity index (χ4n) is 2.44. The minimum absolute atomic E-state index is 0.390. The average Bonchev–Trinajstić information content (AvgIpc) is 2.53. The van der Waals surface area contributed by atoms with Gasteiger partial charge in [-0.15, -0.1) is 0 Å². The summed E-state index contributed by atoms with van der Waals surface area (Å²) < 4.78 is 12.4. The molecular weight excluding hydrogens is 218 g/mol. The predicted molar refractivity (Wildman–Crippen MR) is 72.2 cm³/mol. The summed E-state index contributed by atoms with van der Waals surface area (Å²) in [5, 5.41) is 3.76. The molecule has 4 atom stereocenters. The maximum Gasteiger partial charge on any atom is 0.0501 e. The lowest BCUT2D eigenvalue weighted by Crippen LogP contribution is -2.40. The second kappa shape index (κ2) is 7.44. The van der Waals surface area contributed by atoms with Crippen LogP contribution in [0, 0.1) is 5.92 Å². The first-order valence-electron chi connectivity index (χ1n) is 6.73. The quantitative estimate of drug-likeness (QED) is 0.755. The van der Waals surface area contributed by atoms with Crippen molar-refractivity contribution in [1.82, 2.24) is 5.32 Å². The van der Waals surface area contributed by atoms with Crippen molar-refractivity contribution >= 4 is 10.8 Å². The van der Waals surface area contributed by atoms with Gasteiger partial charge in [0, 0.05) is 22.6 Å². The van der Waals surface area contributed by atoms with Gasteiger partial charge in [-0.3, -0.25) is 4.21 Å². The van der Waals surface area contributed by atoms with Gasteiger partial charge in [0.15, 0.2) is 0 Å². The van der Waals surface area contributed by atoms with E-state index in [4.69, 9.17) is 0 Å². The van der Waals surface area contributed by atoms with Gasteiger partial charge < -0.3 is 5.32 Å². The monoisotopic (exact) mass is 245 g/mol. The Morgan fingerprint density at radius 2 is 2.00 bits per heavy atom. The summed E-state index contributed by atoms with van der Waals surface area (Å²) in [6, 6.07) is 0.479. The van der Waals surface area contributed by atoms with E-state index in [1.54, 1.807) is 0 Å². The van der Waals surface area contributed by atoms with Crippen molar-refractivity contribution in [1.29, 1.82) is 0 Å². The molecule has 0 aliphatic heterocycles. The number of hydrogen-bond donors (Lipinski definition) is 1. The summed E-state index contributed by atoms with van der Waals surface area (Å²) >= 11 is 0. The Bertz CT molecular complexity index is 220. The SMILES string of the molecule is CCC(C)CS(=O)C1CCCCCC1NC. The summed E-state index contributed by atoms with van der Waals surface area (Å²) in [5.74, 6) is 1.49. The normalized spacial score (nSPS) is 30.7. The van der Waals surface area contributed by atoms with Gasteiger partial charge in [0.25, 0.3) is 0 Å². The van der Waals surface area contributed by atoms with E-state index in [1.165, 1.54) is 25.7 Å². The maximum absolute atomic E-state index is 12.4. The Hall–Kier alpha value is 0.110. The van der Waals surface area contributed by atoms with E-state index in [1.807, 2.05) is 7.05 Å². The predicted octanol–water partition coefficient (Wildman–Crippen LogP) is 2.70. The Morgan fingerprint density at radius 3 is 2.62 bits per heavy atom. The van der Waals surface area contributed by atoms with Gasteiger partial charge in [0.2, 0.25) is 0 Å². The first-order valence-corrected chi connectivity index (χ1v) is 8.11. The van der Waals surface area contributed by atoms with Crippen LogP contribution in [0.5, 0.6) is 0 Å². The lowest BCUT2D eigenvalue weighted by molar-refractivity contribution is 0.496. The first-order chi connectivity index (χ1) is 7.69. The Kier molecular flexibility index (Phi) is 6.59. The highest BCUT2D eigenvalue weighted by Crippen LogP contribution is 2.23. The van der Waals surface area contributed by atoms with Crippen LogP contribution in [0.2, 0.25) is 0 Å². The zero-order valence-electron chi connectivity index (χ0n) is 11.0. The molecule has 1 rings (SSSR count). The second-order valence-electron chi connectivity index (χ2n) is 5.13. The first kappa shape index (κ1) is 14.2. The molecule has 0 heterocycles. The van der Waals surface area contributed by atoms with Crippen LogP contribution >= 0.6 is 0 Å². The van der Waals surface area contributed by atoms with Crippen LogP contribution in [0.15, 0.2) is 0 Å². The third-order valence-electron chi connectivity index (χ3n) is 3.81. The third kappa shape index (κ3) is 4.17. The molecule has 96 valence electrons. The molecule has 2 nitrogen and oxygen atoms in total. The molecule has 0 saturated heterocycles. The van der Waals surface area contributed by atoms with Crippen molar-refractivity contribution < 1.29 is 4.21 Å². The van der Waals surface area contributed by atoms with Crippen LogP contribution in [0.1, 0.15) is 52.4 Å². The van der Waals surface area contributed by atoms with Gasteiger partial charge >= 0.3 is 0 Å². The van der Waals surface area contributed by atoms with Crippen LogP contribution < -0.4 is 5.32 Å². The molecule has 0 spiro atoms. The van der Waals surface area contributed by atoms with Crippen molar-refractivity contribution in [3.05, 3.63) is 0 Å². The maximum atomic E-state index is 12.4. The highest BCUT2D eigenvalue weighted by atomic mass is 32.2. The molecule has 0 aromatic heterocycles. The van der Waals surface area contributed by atoms with Gasteiger partial charge in [-0.25, -0.2) is 0 Å². The average molecular weight is 245 g/mol. The molecular formula is C13H27NOS. The van der Waals surface area contributed by atoms with Crippen LogP contribution in [0.25, 0.3) is 0 Å². The largest absolute Gasteiger partial charge is 0.316 e. The molecule has 1 fully saturated rings. The Morgan fingerprint density at radius 1 is 1.31 bits per heavy atom. The molecule has 1 aliphatic carbocycles. The number of rotatable bonds is 5. The minimum Gasteiger partial charge on any atom is -0.316 e. The van der Waals surface area contributed by atoms with E-state index in [2.05, 4.69) is 19.2 Å². The molecule has 1 saturated carbocycles. The van der Waals surface area contributed by atoms with E-state index in [0.29, 0.717) is 17.2 Å². The summed E-state index contributed by atoms with van der Waals surface area (Å²) in [5.41, 5.74) is 0. The molecule has 1 aliphatic rings. The lowest BCUT2D eigenvalue weighted by Gasteiger charge is -2.25. The van der Waals surface area contributed by atoms with Crippen LogP contribution in [-0.4, -0.2) is 28.3 Å². The van der Waals surface area contributed by atoms with E-state index >= 15 is 0 Å². The summed E-state index contributed by atoms with van der Waals surface area (Å²) in [4.78, 5) is 0. The molecule has 1 N–H and O–H groups in total. The zero-order valence-corrected chi connectivity index (χ0v) is 11.8. The van der Waals surface area contributed by atoms with E-state index in [0.717, 1.165) is 18.6 Å². The van der Waals surface area contributed by atoms with Crippen LogP contribution in [0.4, 0.5) is 0 Å². The van der Waals surface area contributed by atoms with Gasteiger partial charge in [-0.2, -0.15) is 0 Å². The Balaban J connectivity index is 2.55. The third-order valence-corrected chi connectivity index (χ3v) is 5.94. The summed E-state index contributed by atoms with van der Waals surface area (Å²) in [6.07, 6.45) is 7.36. The molecule has 0 aromatic rings. The van der Waals surface area contributed by atoms with Gasteiger partial charge in [-0.05, 0) is 25.8 Å². The molecule has 3 heteroatoms. The van der Waals surface area contributed by atoms with Crippen LogP contribution in [-0.2, 0) is 10.8 Å². The second-order valence-corrected chi connectivity index (χ2v) is 6.83. The standard InChI is InChI=1S/C13H27NOS/c1-4-11(2)10-16(15)13-9-7-5-6-8-12(13)14-3/h11-14H,4-10H2,1-3H3. The number of hydrogen-bond acceptors (Lipinski definition) is 2. The summed E-state index contributed by atoms with van der Waals surface area (Å²) in [7, 11) is 1.38. The fraction of sp³-hybridized carbons (Fsp3) is 1.00. The number of nitrogens with one attached hydrogen (secondary N) is 1. The van der Waals surface area contributed by atoms with E-state index in [9.17, 15) is 4.21 Å². The molecule has 0 amide bonds. The van der Waals surface area contributed by atoms with E-state index < -0.39 is 10.8 Å². The van der Waals surface area contributed by atoms with Gasteiger partial charge in [0.05, 0.1) is 5.25 Å². The molecule has 16 heavy (non-hydrogen) atoms. The zero-order chi connectivity index (χ0) is 12.0. The molecule has 0 aromatic carbocycles. The molecule has 0 bridgehead atoms. The molecule has 0 radical (unpaired) electrons. The molecule has 4 unspecified atom stereocenters. The van der Waals surface area contributed by atoms with Crippen molar-refractivity contribution in [2.24, 2.45) is 5.92 Å². The highest BCUT2D eigenvalue weighted by molar-refractivity contribution is 7.85. The minimum atomic E-state index is -0.640.